The van der Waals surface area contributed by atoms with Gasteiger partial charge in [0.25, 0.3) is 0 Å². The van der Waals surface area contributed by atoms with Crippen LogP contribution in [0.1, 0.15) is 31.2 Å². The van der Waals surface area contributed by atoms with Gasteiger partial charge in [-0.2, -0.15) is 0 Å². The normalized spacial score (nSPS) is 10.1. The fraction of sp³-hybridized carbons (Fsp3) is 0.556. The molecular weight excluding hydrogens is 198 g/mol. The van der Waals surface area contributed by atoms with Crippen LogP contribution in [0.15, 0.2) is 5.38 Å². The van der Waals surface area contributed by atoms with Gasteiger partial charge in [-0.3, -0.25) is 5.32 Å². The van der Waals surface area contributed by atoms with Crippen LogP contribution in [-0.4, -0.2) is 11.0 Å². The molecular formula is C9H15N3OS. The van der Waals surface area contributed by atoms with Gasteiger partial charge in [-0.1, -0.05) is 19.8 Å². The molecule has 0 radical (unpaired) electrons. The number of nitrogens with one attached hydrogen (secondary N) is 1. The molecule has 1 rings (SSSR count). The number of aryl methyl sites for hydroxylation is 1. The van der Waals surface area contributed by atoms with E-state index in [9.17, 15) is 4.79 Å². The number of carbonyl (C=O) groups is 1. The molecule has 0 saturated carbocycles. The Bertz CT molecular complexity index is 298. The summed E-state index contributed by atoms with van der Waals surface area (Å²) < 4.78 is 0. The molecule has 0 unspecified atom stereocenters. The van der Waals surface area contributed by atoms with Gasteiger partial charge in [-0.25, -0.2) is 9.78 Å². The van der Waals surface area contributed by atoms with Gasteiger partial charge in [0.05, 0.1) is 5.01 Å². The summed E-state index contributed by atoms with van der Waals surface area (Å²) in [5.41, 5.74) is 4.97. The Labute approximate surface area is 87.5 Å². The first kappa shape index (κ1) is 11.0. The number of aromatic nitrogens is 1. The van der Waals surface area contributed by atoms with E-state index < -0.39 is 6.03 Å². The second-order valence-corrected chi connectivity index (χ2v) is 4.02. The van der Waals surface area contributed by atoms with Crippen LogP contribution >= 0.6 is 11.3 Å². The lowest BCUT2D eigenvalue weighted by atomic mass is 10.2. The summed E-state index contributed by atoms with van der Waals surface area (Å²) >= 11 is 1.56. The van der Waals surface area contributed by atoms with Crippen LogP contribution in [0.3, 0.4) is 0 Å². The highest BCUT2D eigenvalue weighted by molar-refractivity contribution is 7.10. The second-order valence-electron chi connectivity index (χ2n) is 3.07. The quantitative estimate of drug-likeness (QED) is 0.737. The first-order valence-electron chi connectivity index (χ1n) is 4.73. The molecule has 0 aliphatic heterocycles. The summed E-state index contributed by atoms with van der Waals surface area (Å²) in [5, 5.41) is 5.32. The molecule has 0 aliphatic rings. The minimum Gasteiger partial charge on any atom is -0.351 e. The minimum atomic E-state index is -0.560. The van der Waals surface area contributed by atoms with E-state index in [1.807, 2.05) is 5.38 Å². The van der Waals surface area contributed by atoms with Crippen LogP contribution in [0.2, 0.25) is 0 Å². The third-order valence-corrected chi connectivity index (χ3v) is 2.71. The van der Waals surface area contributed by atoms with E-state index in [0.717, 1.165) is 17.8 Å². The molecule has 4 nitrogen and oxygen atoms in total. The van der Waals surface area contributed by atoms with Crippen LogP contribution in [0.4, 0.5) is 10.6 Å². The molecule has 78 valence electrons. The van der Waals surface area contributed by atoms with Crippen molar-refractivity contribution in [3.05, 3.63) is 10.4 Å². The minimum absolute atomic E-state index is 0.560. The van der Waals surface area contributed by atoms with Gasteiger partial charge in [0, 0.05) is 5.38 Å². The Hall–Kier alpha value is -1.10. The molecule has 0 atom stereocenters. The summed E-state index contributed by atoms with van der Waals surface area (Å²) in [5.74, 6) is 0.564. The van der Waals surface area contributed by atoms with Crippen molar-refractivity contribution in [2.24, 2.45) is 5.73 Å². The van der Waals surface area contributed by atoms with Gasteiger partial charge in [-0.05, 0) is 12.8 Å². The van der Waals surface area contributed by atoms with E-state index in [1.54, 1.807) is 11.3 Å². The molecule has 5 heteroatoms. The summed E-state index contributed by atoms with van der Waals surface area (Å²) in [6.45, 7) is 2.17. The van der Waals surface area contributed by atoms with E-state index >= 15 is 0 Å². The summed E-state index contributed by atoms with van der Waals surface area (Å²) in [4.78, 5) is 14.7. The van der Waals surface area contributed by atoms with Crippen molar-refractivity contribution in [2.75, 3.05) is 5.32 Å². The molecule has 0 fully saturated rings. The van der Waals surface area contributed by atoms with Crippen molar-refractivity contribution in [3.63, 3.8) is 0 Å². The third kappa shape index (κ3) is 3.74. The number of unbranched alkanes of at least 4 members (excludes halogenated alkanes) is 2. The van der Waals surface area contributed by atoms with Crippen LogP contribution in [0.5, 0.6) is 0 Å². The molecule has 2 amide bonds. The Balaban J connectivity index is 2.38. The Kier molecular flexibility index (Phi) is 4.39. The lowest BCUT2D eigenvalue weighted by Crippen LogP contribution is -2.19. The number of anilines is 1. The molecule has 0 aromatic carbocycles. The molecule has 0 spiro atoms. The highest BCUT2D eigenvalue weighted by Crippen LogP contribution is 2.16. The predicted molar refractivity (Wildman–Crippen MR) is 58.5 cm³/mol. The van der Waals surface area contributed by atoms with E-state index in [4.69, 9.17) is 5.73 Å². The molecule has 14 heavy (non-hydrogen) atoms. The van der Waals surface area contributed by atoms with Crippen LogP contribution < -0.4 is 11.1 Å². The number of primary amides is 1. The number of carbonyl (C=O) groups excluding carboxylic acids is 1. The van der Waals surface area contributed by atoms with Crippen LogP contribution in [0, 0.1) is 0 Å². The standard InChI is InChI=1S/C9H15N3OS/c1-2-3-4-5-8-11-7(6-14-8)12-9(10)13/h6H,2-5H2,1H3,(H3,10,12,13). The van der Waals surface area contributed by atoms with Crippen molar-refractivity contribution in [2.45, 2.75) is 32.6 Å². The zero-order chi connectivity index (χ0) is 10.4. The molecule has 0 saturated heterocycles. The third-order valence-electron chi connectivity index (χ3n) is 1.80. The van der Waals surface area contributed by atoms with Gasteiger partial charge < -0.3 is 5.73 Å². The average Bonchev–Trinajstić information content (AvgIpc) is 2.52. The highest BCUT2D eigenvalue weighted by Gasteiger charge is 2.02. The van der Waals surface area contributed by atoms with Crippen molar-refractivity contribution < 1.29 is 4.79 Å². The van der Waals surface area contributed by atoms with E-state index in [2.05, 4.69) is 17.2 Å². The first-order valence-corrected chi connectivity index (χ1v) is 5.61. The van der Waals surface area contributed by atoms with Gasteiger partial charge in [0.15, 0.2) is 0 Å². The maximum Gasteiger partial charge on any atom is 0.317 e. The van der Waals surface area contributed by atoms with Crippen molar-refractivity contribution in [1.29, 1.82) is 0 Å². The lowest BCUT2D eigenvalue weighted by Gasteiger charge is -1.95. The van der Waals surface area contributed by atoms with Crippen molar-refractivity contribution >= 4 is 23.2 Å². The average molecular weight is 213 g/mol. The van der Waals surface area contributed by atoms with Gasteiger partial charge >= 0.3 is 6.03 Å². The number of nitrogens with zero attached hydrogens (tertiary/aromatic N) is 1. The Morgan fingerprint density at radius 2 is 2.43 bits per heavy atom. The summed E-state index contributed by atoms with van der Waals surface area (Å²) in [6, 6.07) is -0.560. The number of nitrogens with two attached hydrogens (primary N) is 1. The summed E-state index contributed by atoms with van der Waals surface area (Å²) in [7, 11) is 0. The SMILES string of the molecule is CCCCCc1nc(NC(N)=O)cs1. The van der Waals surface area contributed by atoms with E-state index in [1.165, 1.54) is 12.8 Å². The number of thiazole rings is 1. The number of urea groups is 1. The Morgan fingerprint density at radius 3 is 3.07 bits per heavy atom. The number of amides is 2. The smallest absolute Gasteiger partial charge is 0.317 e. The largest absolute Gasteiger partial charge is 0.351 e. The molecule has 3 N–H and O–H groups in total. The van der Waals surface area contributed by atoms with E-state index in [0.29, 0.717) is 5.82 Å². The van der Waals surface area contributed by atoms with Crippen molar-refractivity contribution in [3.8, 4) is 0 Å². The van der Waals surface area contributed by atoms with Gasteiger partial charge in [-0.15, -0.1) is 11.3 Å². The molecule has 1 aromatic rings. The van der Waals surface area contributed by atoms with Gasteiger partial charge in [0.2, 0.25) is 0 Å². The van der Waals surface area contributed by atoms with Crippen LogP contribution in [0.25, 0.3) is 0 Å². The predicted octanol–water partition coefficient (Wildman–Crippen LogP) is 2.37. The zero-order valence-corrected chi connectivity index (χ0v) is 9.06. The fourth-order valence-corrected chi connectivity index (χ4v) is 1.91. The van der Waals surface area contributed by atoms with E-state index in [-0.39, 0.29) is 0 Å². The number of rotatable bonds is 5. The van der Waals surface area contributed by atoms with Gasteiger partial charge in [0.1, 0.15) is 5.82 Å². The highest BCUT2D eigenvalue weighted by atomic mass is 32.1. The van der Waals surface area contributed by atoms with Crippen LogP contribution in [-0.2, 0) is 6.42 Å². The molecule has 1 heterocycles. The monoisotopic (exact) mass is 213 g/mol. The number of hydrogen-bond donors (Lipinski definition) is 2. The Morgan fingerprint density at radius 1 is 1.64 bits per heavy atom. The second kappa shape index (κ2) is 5.59. The zero-order valence-electron chi connectivity index (χ0n) is 8.25. The molecule has 0 aliphatic carbocycles. The lowest BCUT2D eigenvalue weighted by molar-refractivity contribution is 0.259. The molecule has 0 bridgehead atoms. The maximum absolute atomic E-state index is 10.5. The van der Waals surface area contributed by atoms with Crippen molar-refractivity contribution in [1.82, 2.24) is 4.98 Å². The molecule has 1 aromatic heterocycles. The summed E-state index contributed by atoms with van der Waals surface area (Å²) in [6.07, 6.45) is 4.56. The topological polar surface area (TPSA) is 68.0 Å². The fourth-order valence-electron chi connectivity index (χ4n) is 1.14. The maximum atomic E-state index is 10.5. The first-order chi connectivity index (χ1) is 6.72. The number of hydrogen-bond acceptors (Lipinski definition) is 3.